The predicted molar refractivity (Wildman–Crippen MR) is 70.3 cm³/mol. The van der Waals surface area contributed by atoms with E-state index in [0.717, 1.165) is 25.9 Å². The Morgan fingerprint density at radius 3 is 3.00 bits per heavy atom. The van der Waals surface area contributed by atoms with E-state index in [1.165, 1.54) is 12.0 Å². The van der Waals surface area contributed by atoms with Crippen LogP contribution < -0.4 is 0 Å². The van der Waals surface area contributed by atoms with Gasteiger partial charge in [-0.25, -0.2) is 0 Å². The predicted octanol–water partition coefficient (Wildman–Crippen LogP) is 2.08. The van der Waals surface area contributed by atoms with Crippen LogP contribution in [0.2, 0.25) is 0 Å². The van der Waals surface area contributed by atoms with Crippen LogP contribution in [0.15, 0.2) is 11.6 Å². The lowest BCUT2D eigenvalue weighted by molar-refractivity contribution is -0.291. The average molecular weight is 268 g/mol. The molecule has 2 aliphatic heterocycles. The maximum Gasteiger partial charge on any atom is 0.167 e. The van der Waals surface area contributed by atoms with E-state index in [9.17, 15) is 5.11 Å². The molecule has 0 radical (unpaired) electrons. The topological polar surface area (TPSA) is 47.9 Å². The molecular formula is C15H24O4. The number of ether oxygens (including phenoxy) is 3. The van der Waals surface area contributed by atoms with Gasteiger partial charge < -0.3 is 19.3 Å². The summed E-state index contributed by atoms with van der Waals surface area (Å²) in [5.74, 6) is 0.995. The Kier molecular flexibility index (Phi) is 4.22. The van der Waals surface area contributed by atoms with Gasteiger partial charge in [-0.2, -0.15) is 0 Å². The van der Waals surface area contributed by atoms with Gasteiger partial charge >= 0.3 is 0 Å². The molecule has 0 aromatic rings. The van der Waals surface area contributed by atoms with Crippen LogP contribution >= 0.6 is 0 Å². The van der Waals surface area contributed by atoms with E-state index in [4.69, 9.17) is 14.2 Å². The van der Waals surface area contributed by atoms with E-state index in [2.05, 4.69) is 13.0 Å². The van der Waals surface area contributed by atoms with E-state index in [1.807, 2.05) is 0 Å². The van der Waals surface area contributed by atoms with Gasteiger partial charge in [-0.05, 0) is 38.5 Å². The van der Waals surface area contributed by atoms with Crippen molar-refractivity contribution in [1.29, 1.82) is 0 Å². The van der Waals surface area contributed by atoms with Crippen LogP contribution in [0.5, 0.6) is 0 Å². The molecule has 1 N–H and O–H groups in total. The second-order valence-corrected chi connectivity index (χ2v) is 5.95. The molecule has 4 nitrogen and oxygen atoms in total. The summed E-state index contributed by atoms with van der Waals surface area (Å²) in [6, 6.07) is 0. The summed E-state index contributed by atoms with van der Waals surface area (Å²) < 4.78 is 17.6. The fourth-order valence-electron chi connectivity index (χ4n) is 3.57. The first-order valence-electron chi connectivity index (χ1n) is 7.45. The van der Waals surface area contributed by atoms with Gasteiger partial charge in [-0.1, -0.05) is 11.6 Å². The highest BCUT2D eigenvalue weighted by atomic mass is 16.8. The molecule has 0 saturated carbocycles. The van der Waals surface area contributed by atoms with Crippen molar-refractivity contribution in [1.82, 2.24) is 0 Å². The van der Waals surface area contributed by atoms with Gasteiger partial charge in [-0.15, -0.1) is 0 Å². The van der Waals surface area contributed by atoms with E-state index in [-0.39, 0.29) is 31.0 Å². The van der Waals surface area contributed by atoms with Gasteiger partial charge in [0.05, 0.1) is 6.61 Å². The SMILES string of the molecule is CC1=CCC2C(CO)COC(OC3CCCCO3)C12. The molecule has 108 valence electrons. The molecule has 0 spiro atoms. The molecule has 4 heteroatoms. The van der Waals surface area contributed by atoms with Crippen molar-refractivity contribution < 1.29 is 19.3 Å². The molecule has 0 amide bonds. The summed E-state index contributed by atoms with van der Waals surface area (Å²) in [5.41, 5.74) is 1.34. The van der Waals surface area contributed by atoms with Crippen LogP contribution in [0.25, 0.3) is 0 Å². The maximum absolute atomic E-state index is 9.46. The molecule has 5 atom stereocenters. The molecule has 0 aromatic heterocycles. The lowest BCUT2D eigenvalue weighted by atomic mass is 9.79. The van der Waals surface area contributed by atoms with E-state index in [0.29, 0.717) is 12.5 Å². The van der Waals surface area contributed by atoms with Crippen LogP contribution in [-0.2, 0) is 14.2 Å². The van der Waals surface area contributed by atoms with Crippen molar-refractivity contribution in [3.05, 3.63) is 11.6 Å². The first kappa shape index (κ1) is 13.6. The zero-order valence-corrected chi connectivity index (χ0v) is 11.6. The Balaban J connectivity index is 1.66. The lowest BCUT2D eigenvalue weighted by Gasteiger charge is -2.41. The highest BCUT2D eigenvalue weighted by Gasteiger charge is 2.44. The second-order valence-electron chi connectivity index (χ2n) is 5.95. The maximum atomic E-state index is 9.46. The van der Waals surface area contributed by atoms with Gasteiger partial charge in [0.15, 0.2) is 12.6 Å². The van der Waals surface area contributed by atoms with Gasteiger partial charge in [0.25, 0.3) is 0 Å². The number of hydrogen-bond donors (Lipinski definition) is 1. The summed E-state index contributed by atoms with van der Waals surface area (Å²) in [5, 5.41) is 9.46. The molecule has 19 heavy (non-hydrogen) atoms. The molecular weight excluding hydrogens is 244 g/mol. The zero-order valence-electron chi connectivity index (χ0n) is 11.6. The minimum absolute atomic E-state index is 0.113. The molecule has 2 heterocycles. The first-order valence-corrected chi connectivity index (χ1v) is 7.45. The van der Waals surface area contributed by atoms with Crippen molar-refractivity contribution in [2.45, 2.75) is 45.2 Å². The van der Waals surface area contributed by atoms with Crippen molar-refractivity contribution in [2.24, 2.45) is 17.8 Å². The van der Waals surface area contributed by atoms with E-state index < -0.39 is 0 Å². The Morgan fingerprint density at radius 1 is 1.37 bits per heavy atom. The van der Waals surface area contributed by atoms with Crippen LogP contribution in [0, 0.1) is 17.8 Å². The number of hydrogen-bond acceptors (Lipinski definition) is 4. The third-order valence-corrected chi connectivity index (χ3v) is 4.73. The summed E-state index contributed by atoms with van der Waals surface area (Å²) in [4.78, 5) is 0. The van der Waals surface area contributed by atoms with Crippen molar-refractivity contribution in [3.8, 4) is 0 Å². The normalized spacial score (nSPS) is 42.8. The fourth-order valence-corrected chi connectivity index (χ4v) is 3.57. The van der Waals surface area contributed by atoms with Crippen LogP contribution in [-0.4, -0.2) is 37.5 Å². The quantitative estimate of drug-likeness (QED) is 0.796. The van der Waals surface area contributed by atoms with Crippen LogP contribution in [0.4, 0.5) is 0 Å². The summed E-state index contributed by atoms with van der Waals surface area (Å²) >= 11 is 0. The first-order chi connectivity index (χ1) is 9.29. The third-order valence-electron chi connectivity index (χ3n) is 4.73. The Morgan fingerprint density at radius 2 is 2.26 bits per heavy atom. The lowest BCUT2D eigenvalue weighted by Crippen LogP contribution is -2.45. The molecule has 3 rings (SSSR count). The number of fused-ring (bicyclic) bond motifs is 1. The van der Waals surface area contributed by atoms with Crippen LogP contribution in [0.3, 0.4) is 0 Å². The molecule has 2 fully saturated rings. The molecule has 3 aliphatic rings. The molecule has 2 saturated heterocycles. The number of allylic oxidation sites excluding steroid dienone is 1. The van der Waals surface area contributed by atoms with E-state index in [1.54, 1.807) is 0 Å². The standard InChI is InChI=1S/C15H24O4/c1-10-5-6-12-11(8-16)9-18-15(14(10)12)19-13-4-2-3-7-17-13/h5,11-16H,2-4,6-9H2,1H3. The van der Waals surface area contributed by atoms with Crippen molar-refractivity contribution in [3.63, 3.8) is 0 Å². The number of rotatable bonds is 3. The molecule has 0 aromatic carbocycles. The van der Waals surface area contributed by atoms with Gasteiger partial charge in [0.2, 0.25) is 0 Å². The second kappa shape index (κ2) is 5.92. The highest BCUT2D eigenvalue weighted by molar-refractivity contribution is 5.16. The van der Waals surface area contributed by atoms with Crippen molar-refractivity contribution in [2.75, 3.05) is 19.8 Å². The van der Waals surface area contributed by atoms with Gasteiger partial charge in [0, 0.05) is 25.0 Å². The highest BCUT2D eigenvalue weighted by Crippen LogP contribution is 2.44. The zero-order chi connectivity index (χ0) is 13.2. The monoisotopic (exact) mass is 268 g/mol. The third kappa shape index (κ3) is 2.72. The van der Waals surface area contributed by atoms with Crippen LogP contribution in [0.1, 0.15) is 32.6 Å². The summed E-state index contributed by atoms with van der Waals surface area (Å²) in [7, 11) is 0. The Hall–Kier alpha value is -0.420. The van der Waals surface area contributed by atoms with Gasteiger partial charge in [0.1, 0.15) is 0 Å². The average Bonchev–Trinajstić information content (AvgIpc) is 2.83. The van der Waals surface area contributed by atoms with Crippen molar-refractivity contribution >= 4 is 0 Å². The summed E-state index contributed by atoms with van der Waals surface area (Å²) in [6.07, 6.45) is 6.25. The smallest absolute Gasteiger partial charge is 0.167 e. The Labute approximate surface area is 114 Å². The fraction of sp³-hybridized carbons (Fsp3) is 0.867. The largest absolute Gasteiger partial charge is 0.396 e. The molecule has 5 unspecified atom stereocenters. The summed E-state index contributed by atoms with van der Waals surface area (Å²) in [6.45, 7) is 3.73. The molecule has 1 aliphatic carbocycles. The number of aliphatic hydroxyl groups is 1. The number of aliphatic hydroxyl groups excluding tert-OH is 1. The minimum atomic E-state index is -0.199. The molecule has 0 bridgehead atoms. The van der Waals surface area contributed by atoms with E-state index >= 15 is 0 Å². The Bertz CT molecular complexity index is 335. The van der Waals surface area contributed by atoms with Gasteiger partial charge in [-0.3, -0.25) is 0 Å². The minimum Gasteiger partial charge on any atom is -0.396 e.